The van der Waals surface area contributed by atoms with Gasteiger partial charge in [0.25, 0.3) is 5.91 Å². The number of rotatable bonds is 5. The largest absolute Gasteiger partial charge is 0.477 e. The van der Waals surface area contributed by atoms with Crippen LogP contribution in [-0.4, -0.2) is 51.5 Å². The number of nitrogens with one attached hydrogen (secondary N) is 1. The molecule has 1 unspecified atom stereocenters. The van der Waals surface area contributed by atoms with Crippen LogP contribution < -0.4 is 10.2 Å². The number of urea groups is 1. The molecule has 2 saturated heterocycles. The zero-order valence-corrected chi connectivity index (χ0v) is 21.6. The van der Waals surface area contributed by atoms with Crippen molar-refractivity contribution < 1.29 is 19.5 Å². The van der Waals surface area contributed by atoms with Gasteiger partial charge in [0.2, 0.25) is 0 Å². The summed E-state index contributed by atoms with van der Waals surface area (Å²) in [7, 11) is 0. The molecular formula is C25H19Cl2N5O4S. The molecule has 5 rings (SSSR count). The fourth-order valence-electron chi connectivity index (χ4n) is 4.98. The van der Waals surface area contributed by atoms with Gasteiger partial charge in [-0.15, -0.1) is 11.3 Å². The molecule has 3 amide bonds. The smallest absolute Gasteiger partial charge is 0.345 e. The number of hydrogen-bond donors (Lipinski definition) is 2. The van der Waals surface area contributed by atoms with Crippen LogP contribution in [0.4, 0.5) is 10.5 Å². The minimum atomic E-state index is -1.31. The molecule has 3 aromatic rings. The highest BCUT2D eigenvalue weighted by atomic mass is 35.5. The summed E-state index contributed by atoms with van der Waals surface area (Å²) in [5.41, 5.74) is 0.158. The van der Waals surface area contributed by atoms with Crippen LogP contribution >= 0.6 is 34.5 Å². The SMILES string of the molecule is C[C@@H](c1ccc(C(=O)O)s1)N1C[C@@H](c2ccc(C#N)cc2)C2(C1)NC(=O)N(c1cc(Cl)nc(Cl)c1)C2=O. The number of nitrogens with zero attached hydrogens (tertiary/aromatic N) is 4. The topological polar surface area (TPSA) is 127 Å². The van der Waals surface area contributed by atoms with Crippen LogP contribution in [0, 0.1) is 11.3 Å². The van der Waals surface area contributed by atoms with Gasteiger partial charge in [-0.1, -0.05) is 35.3 Å². The fourth-order valence-corrected chi connectivity index (χ4v) is 6.37. The van der Waals surface area contributed by atoms with Crippen LogP contribution in [0.25, 0.3) is 0 Å². The maximum absolute atomic E-state index is 14.0. The summed E-state index contributed by atoms with van der Waals surface area (Å²) >= 11 is 13.3. The van der Waals surface area contributed by atoms with E-state index in [1.807, 2.05) is 6.92 Å². The Morgan fingerprint density at radius 2 is 1.89 bits per heavy atom. The molecule has 0 saturated carbocycles. The average molecular weight is 556 g/mol. The lowest BCUT2D eigenvalue weighted by Gasteiger charge is -2.28. The Kier molecular flexibility index (Phi) is 6.41. The predicted molar refractivity (Wildman–Crippen MR) is 138 cm³/mol. The van der Waals surface area contributed by atoms with Gasteiger partial charge in [0.05, 0.1) is 17.3 Å². The van der Waals surface area contributed by atoms with E-state index in [9.17, 15) is 24.8 Å². The molecular weight excluding hydrogens is 537 g/mol. The van der Waals surface area contributed by atoms with E-state index < -0.39 is 29.4 Å². The number of halogens is 2. The minimum Gasteiger partial charge on any atom is -0.477 e. The molecule has 2 aromatic heterocycles. The first-order chi connectivity index (χ1) is 17.6. The maximum atomic E-state index is 14.0. The van der Waals surface area contributed by atoms with Crippen molar-refractivity contribution in [2.24, 2.45) is 0 Å². The third-order valence-electron chi connectivity index (χ3n) is 6.83. The van der Waals surface area contributed by atoms with Gasteiger partial charge in [-0.2, -0.15) is 5.26 Å². The number of imide groups is 1. The monoisotopic (exact) mass is 555 g/mol. The summed E-state index contributed by atoms with van der Waals surface area (Å²) in [6.07, 6.45) is 0. The van der Waals surface area contributed by atoms with E-state index in [2.05, 4.69) is 21.3 Å². The van der Waals surface area contributed by atoms with Crippen molar-refractivity contribution >= 4 is 58.1 Å². The van der Waals surface area contributed by atoms with Crippen LogP contribution in [0.5, 0.6) is 0 Å². The van der Waals surface area contributed by atoms with Gasteiger partial charge in [-0.3, -0.25) is 9.69 Å². The number of thiophene rings is 1. The number of benzene rings is 1. The van der Waals surface area contributed by atoms with Crippen molar-refractivity contribution in [2.45, 2.75) is 24.4 Å². The summed E-state index contributed by atoms with van der Waals surface area (Å²) in [6, 6.07) is 14.3. The fraction of sp³-hybridized carbons (Fsp3) is 0.240. The molecule has 1 spiro atoms. The molecule has 2 fully saturated rings. The number of anilines is 1. The molecule has 3 atom stereocenters. The van der Waals surface area contributed by atoms with E-state index in [1.54, 1.807) is 36.4 Å². The van der Waals surface area contributed by atoms with E-state index in [-0.39, 0.29) is 33.5 Å². The van der Waals surface area contributed by atoms with Crippen LogP contribution in [0.15, 0.2) is 48.5 Å². The summed E-state index contributed by atoms with van der Waals surface area (Å²) in [5, 5.41) is 21.6. The number of hydrogen-bond acceptors (Lipinski definition) is 7. The lowest BCUT2D eigenvalue weighted by Crippen LogP contribution is -2.53. The summed E-state index contributed by atoms with van der Waals surface area (Å²) in [6.45, 7) is 2.53. The highest BCUT2D eigenvalue weighted by Crippen LogP contribution is 2.45. The Bertz CT molecular complexity index is 1450. The minimum absolute atomic E-state index is 0.0429. The second kappa shape index (κ2) is 9.43. The van der Waals surface area contributed by atoms with E-state index >= 15 is 0 Å². The molecule has 2 N–H and O–H groups in total. The molecule has 9 nitrogen and oxygen atoms in total. The second-order valence-electron chi connectivity index (χ2n) is 8.91. The van der Waals surface area contributed by atoms with Crippen molar-refractivity contribution in [3.63, 3.8) is 0 Å². The van der Waals surface area contributed by atoms with Crippen LogP contribution in [0.1, 0.15) is 44.6 Å². The zero-order chi connectivity index (χ0) is 26.5. The number of amides is 3. The molecule has 12 heteroatoms. The van der Waals surface area contributed by atoms with Gasteiger partial charge in [0, 0.05) is 29.9 Å². The van der Waals surface area contributed by atoms with Gasteiger partial charge in [0.1, 0.15) is 20.7 Å². The lowest BCUT2D eigenvalue weighted by molar-refractivity contribution is -0.122. The number of carboxylic acids is 1. The number of nitriles is 1. The third-order valence-corrected chi connectivity index (χ3v) is 8.46. The highest BCUT2D eigenvalue weighted by Gasteiger charge is 2.61. The molecule has 37 heavy (non-hydrogen) atoms. The normalized spacial score (nSPS) is 22.3. The van der Waals surface area contributed by atoms with Gasteiger partial charge >= 0.3 is 12.0 Å². The number of carboxylic acid groups (broad SMARTS) is 1. The van der Waals surface area contributed by atoms with E-state index in [1.165, 1.54) is 23.5 Å². The number of carbonyl (C=O) groups is 3. The van der Waals surface area contributed by atoms with Crippen LogP contribution in [0.2, 0.25) is 10.3 Å². The first-order valence-electron chi connectivity index (χ1n) is 11.2. The number of likely N-dealkylation sites (tertiary alicyclic amines) is 1. The molecule has 1 aromatic carbocycles. The Balaban J connectivity index is 1.55. The molecule has 2 aliphatic rings. The van der Waals surface area contributed by atoms with Crippen molar-refractivity contribution in [1.82, 2.24) is 15.2 Å². The Morgan fingerprint density at radius 1 is 1.22 bits per heavy atom. The standard InChI is InChI=1S/C25H19Cl2N5O4S/c1-13(18-6-7-19(37-18)22(33)34)31-11-17(15-4-2-14(10-28)3-5-15)25(12-31)23(35)32(24(36)30-25)16-8-20(26)29-21(27)9-16/h2-9,13,17H,11-12H2,1H3,(H,30,36)(H,33,34)/t13-,17-,25?/m0/s1. The highest BCUT2D eigenvalue weighted by molar-refractivity contribution is 7.14. The van der Waals surface area contributed by atoms with E-state index in [0.29, 0.717) is 12.1 Å². The summed E-state index contributed by atoms with van der Waals surface area (Å²) < 4.78 is 0. The third kappa shape index (κ3) is 4.34. The number of aromatic nitrogens is 1. The number of carbonyl (C=O) groups excluding carboxylic acids is 2. The Hall–Kier alpha value is -3.49. The van der Waals surface area contributed by atoms with Gasteiger partial charge < -0.3 is 10.4 Å². The maximum Gasteiger partial charge on any atom is 0.345 e. The van der Waals surface area contributed by atoms with Crippen molar-refractivity contribution in [1.29, 1.82) is 5.26 Å². The van der Waals surface area contributed by atoms with Crippen LogP contribution in [-0.2, 0) is 4.79 Å². The van der Waals surface area contributed by atoms with Crippen molar-refractivity contribution in [3.8, 4) is 6.07 Å². The summed E-state index contributed by atoms with van der Waals surface area (Å²) in [4.78, 5) is 46.7. The van der Waals surface area contributed by atoms with E-state index in [4.69, 9.17) is 23.2 Å². The lowest BCUT2D eigenvalue weighted by atomic mass is 9.81. The molecule has 2 aliphatic heterocycles. The molecule has 0 radical (unpaired) electrons. The average Bonchev–Trinajstić information content (AvgIpc) is 3.55. The quantitative estimate of drug-likeness (QED) is 0.345. The second-order valence-corrected chi connectivity index (χ2v) is 10.8. The number of pyridine rings is 1. The first-order valence-corrected chi connectivity index (χ1v) is 12.8. The predicted octanol–water partition coefficient (Wildman–Crippen LogP) is 4.68. The Labute approximate surface area is 225 Å². The van der Waals surface area contributed by atoms with Crippen molar-refractivity contribution in [3.05, 3.63) is 79.7 Å². The number of aromatic carboxylic acids is 1. The van der Waals surface area contributed by atoms with Gasteiger partial charge in [-0.25, -0.2) is 19.5 Å². The summed E-state index contributed by atoms with van der Waals surface area (Å²) in [5.74, 6) is -1.91. The Morgan fingerprint density at radius 3 is 2.49 bits per heavy atom. The molecule has 0 aliphatic carbocycles. The van der Waals surface area contributed by atoms with Crippen molar-refractivity contribution in [2.75, 3.05) is 18.0 Å². The first kappa shape index (κ1) is 25.2. The van der Waals surface area contributed by atoms with Gasteiger partial charge in [0.15, 0.2) is 0 Å². The molecule has 188 valence electrons. The molecule has 4 heterocycles. The molecule has 0 bridgehead atoms. The zero-order valence-electron chi connectivity index (χ0n) is 19.3. The van der Waals surface area contributed by atoms with E-state index in [0.717, 1.165) is 15.3 Å². The van der Waals surface area contributed by atoms with Gasteiger partial charge in [-0.05, 0) is 48.9 Å². The van der Waals surface area contributed by atoms with Crippen LogP contribution in [0.3, 0.4) is 0 Å².